The number of nitrogens with one attached hydrogen (secondary N) is 2. The number of carbonyl (C=O) groups excluding carboxylic acids is 1. The number of hydrogen-bond acceptors (Lipinski definition) is 5. The van der Waals surface area contributed by atoms with E-state index in [1.165, 1.54) is 16.2 Å². The average Bonchev–Trinajstić information content (AvgIpc) is 3.06. The molecule has 6 nitrogen and oxygen atoms in total. The maximum Gasteiger partial charge on any atom is 0.251 e. The molecule has 2 N–H and O–H groups in total. The highest BCUT2D eigenvalue weighted by atomic mass is 16.3. The molecule has 1 heterocycles. The maximum atomic E-state index is 13.4. The molecule has 0 spiro atoms. The van der Waals surface area contributed by atoms with Crippen molar-refractivity contribution in [2.45, 2.75) is 20.3 Å². The summed E-state index contributed by atoms with van der Waals surface area (Å²) in [5, 5.41) is 16.3. The van der Waals surface area contributed by atoms with E-state index in [1.54, 1.807) is 0 Å². The molecule has 0 fully saturated rings. The first kappa shape index (κ1) is 27.1. The molecule has 0 radical (unpaired) electrons. The lowest BCUT2D eigenvalue weighted by Crippen LogP contribution is -2.25. The molecule has 1 amide bonds. The fraction of sp³-hybridized carbons (Fsp3) is 0.154. The number of aryl methyl sites for hydroxylation is 1. The summed E-state index contributed by atoms with van der Waals surface area (Å²) in [7, 11) is 0. The minimum Gasteiger partial charge on any atom is -0.453 e. The number of rotatable bonds is 7. The van der Waals surface area contributed by atoms with E-state index in [0.717, 1.165) is 66.9 Å². The Labute approximate surface area is 260 Å². The van der Waals surface area contributed by atoms with Gasteiger partial charge in [-0.05, 0) is 70.3 Å². The summed E-state index contributed by atoms with van der Waals surface area (Å²) in [6.45, 7) is 6.09. The Kier molecular flexibility index (Phi) is 6.56. The minimum atomic E-state index is -0.0620. The number of aromatic nitrogens is 1. The number of carbonyl (C=O) groups is 1. The van der Waals surface area contributed by atoms with Gasteiger partial charge in [0.25, 0.3) is 5.91 Å². The Morgan fingerprint density at radius 3 is 2.40 bits per heavy atom. The zero-order valence-corrected chi connectivity index (χ0v) is 25.3. The van der Waals surface area contributed by atoms with Crippen molar-refractivity contribution in [2.24, 2.45) is 4.99 Å². The molecular weight excluding hydrogens is 556 g/mol. The summed E-state index contributed by atoms with van der Waals surface area (Å²) in [5.74, 6) is 0.640. The molecule has 8 rings (SSSR count). The number of benzene rings is 7. The van der Waals surface area contributed by atoms with Crippen LogP contribution in [0.4, 0.5) is 5.69 Å². The fourth-order valence-electron chi connectivity index (χ4n) is 6.61. The first-order valence-electron chi connectivity index (χ1n) is 15.5. The van der Waals surface area contributed by atoms with Crippen molar-refractivity contribution >= 4 is 65.8 Å². The van der Waals surface area contributed by atoms with Crippen LogP contribution in [-0.4, -0.2) is 30.5 Å². The van der Waals surface area contributed by atoms with Gasteiger partial charge in [-0.3, -0.25) is 9.79 Å². The molecule has 0 atom stereocenters. The fourth-order valence-corrected chi connectivity index (χ4v) is 6.61. The van der Waals surface area contributed by atoms with E-state index in [1.807, 2.05) is 30.3 Å². The molecular formula is C39H32N4O2. The lowest BCUT2D eigenvalue weighted by molar-refractivity contribution is 0.0955. The molecule has 6 aromatic carbocycles. The van der Waals surface area contributed by atoms with Gasteiger partial charge in [0, 0.05) is 53.8 Å². The van der Waals surface area contributed by atoms with E-state index in [-0.39, 0.29) is 5.91 Å². The van der Waals surface area contributed by atoms with E-state index >= 15 is 0 Å². The SMILES string of the molecule is CCNc1cc2oc3cc(=NCCCNC(=O)c4ccc5ccc6cccc7ccc4c5c67)c4ccccc4c-3nc2cc1C. The van der Waals surface area contributed by atoms with E-state index in [2.05, 4.69) is 91.2 Å². The van der Waals surface area contributed by atoms with Crippen LogP contribution in [0.2, 0.25) is 0 Å². The number of nitrogens with zero attached hydrogens (tertiary/aromatic N) is 2. The van der Waals surface area contributed by atoms with Gasteiger partial charge in [-0.15, -0.1) is 0 Å². The van der Waals surface area contributed by atoms with Crippen molar-refractivity contribution in [1.82, 2.24) is 10.3 Å². The second kappa shape index (κ2) is 10.9. The molecule has 0 aromatic heterocycles. The monoisotopic (exact) mass is 588 g/mol. The third kappa shape index (κ3) is 4.61. The Bertz CT molecular complexity index is 2430. The number of anilines is 1. The van der Waals surface area contributed by atoms with E-state index in [9.17, 15) is 4.79 Å². The summed E-state index contributed by atoms with van der Waals surface area (Å²) in [4.78, 5) is 23.3. The second-order valence-corrected chi connectivity index (χ2v) is 11.6. The lowest BCUT2D eigenvalue weighted by atomic mass is 9.92. The number of amides is 1. The average molecular weight is 589 g/mol. The van der Waals surface area contributed by atoms with Crippen LogP contribution in [0, 0.1) is 6.92 Å². The zero-order chi connectivity index (χ0) is 30.5. The predicted octanol–water partition coefficient (Wildman–Crippen LogP) is 8.44. The highest BCUT2D eigenvalue weighted by molar-refractivity contribution is 6.26. The van der Waals surface area contributed by atoms with Crippen LogP contribution in [0.3, 0.4) is 0 Å². The Morgan fingerprint density at radius 1 is 0.822 bits per heavy atom. The van der Waals surface area contributed by atoms with Gasteiger partial charge in [-0.25, -0.2) is 4.98 Å². The van der Waals surface area contributed by atoms with E-state index in [0.29, 0.717) is 30.8 Å². The number of hydrogen-bond donors (Lipinski definition) is 2. The molecule has 1 aliphatic heterocycles. The van der Waals surface area contributed by atoms with Crippen molar-refractivity contribution < 1.29 is 9.21 Å². The van der Waals surface area contributed by atoms with E-state index < -0.39 is 0 Å². The molecule has 220 valence electrons. The molecule has 6 heteroatoms. The van der Waals surface area contributed by atoms with Crippen LogP contribution < -0.4 is 16.0 Å². The van der Waals surface area contributed by atoms with Crippen LogP contribution in [0.1, 0.15) is 29.3 Å². The number of fused-ring (bicyclic) bond motifs is 4. The maximum absolute atomic E-state index is 13.4. The van der Waals surface area contributed by atoms with Crippen molar-refractivity contribution in [1.29, 1.82) is 0 Å². The summed E-state index contributed by atoms with van der Waals surface area (Å²) < 4.78 is 6.40. The molecule has 2 aliphatic rings. The molecule has 0 unspecified atom stereocenters. The molecule has 0 saturated heterocycles. The smallest absolute Gasteiger partial charge is 0.251 e. The lowest BCUT2D eigenvalue weighted by Gasteiger charge is -2.14. The van der Waals surface area contributed by atoms with Crippen molar-refractivity contribution in [2.75, 3.05) is 25.0 Å². The van der Waals surface area contributed by atoms with Gasteiger partial charge in [0.2, 0.25) is 0 Å². The largest absolute Gasteiger partial charge is 0.453 e. The third-order valence-electron chi connectivity index (χ3n) is 8.76. The first-order chi connectivity index (χ1) is 22.1. The summed E-state index contributed by atoms with van der Waals surface area (Å²) in [5.41, 5.74) is 5.27. The standard InChI is InChI=1S/C39H32N4O2/c1-3-40-31-21-34-33(20-23(31)2)43-38-29-11-5-4-10-27(29)32(22-35(38)45-34)41-18-7-19-42-39(44)30-17-15-26-13-12-24-8-6-9-25-14-16-28(30)37(26)36(24)25/h4-6,8-17,20-22,40H,3,7,18-19H2,1-2H3,(H,42,44). The molecule has 0 bridgehead atoms. The van der Waals surface area contributed by atoms with Crippen LogP contribution in [-0.2, 0) is 0 Å². The third-order valence-corrected chi connectivity index (χ3v) is 8.76. The Balaban J connectivity index is 1.06. The normalized spacial score (nSPS) is 12.4. The summed E-state index contributed by atoms with van der Waals surface area (Å²) >= 11 is 0. The molecule has 45 heavy (non-hydrogen) atoms. The van der Waals surface area contributed by atoms with Gasteiger partial charge >= 0.3 is 0 Å². The highest BCUT2D eigenvalue weighted by Crippen LogP contribution is 2.36. The zero-order valence-electron chi connectivity index (χ0n) is 25.3. The Hall–Kier alpha value is -5.49. The van der Waals surface area contributed by atoms with Gasteiger partial charge in [0.15, 0.2) is 11.3 Å². The van der Waals surface area contributed by atoms with Crippen LogP contribution in [0.15, 0.2) is 106 Å². The Morgan fingerprint density at radius 2 is 1.58 bits per heavy atom. The highest BCUT2D eigenvalue weighted by Gasteiger charge is 2.17. The van der Waals surface area contributed by atoms with Crippen LogP contribution >= 0.6 is 0 Å². The quantitative estimate of drug-likeness (QED) is 0.111. The molecule has 6 aromatic rings. The van der Waals surface area contributed by atoms with Gasteiger partial charge in [-0.1, -0.05) is 72.8 Å². The molecule has 1 aliphatic carbocycles. The summed E-state index contributed by atoms with van der Waals surface area (Å²) in [6.07, 6.45) is 0.711. The van der Waals surface area contributed by atoms with Crippen molar-refractivity contribution in [3.8, 4) is 11.5 Å². The van der Waals surface area contributed by atoms with Crippen LogP contribution in [0.5, 0.6) is 0 Å². The van der Waals surface area contributed by atoms with Crippen LogP contribution in [0.25, 0.3) is 65.6 Å². The molecule has 0 saturated carbocycles. The predicted molar refractivity (Wildman–Crippen MR) is 185 cm³/mol. The van der Waals surface area contributed by atoms with Gasteiger partial charge in [0.1, 0.15) is 11.2 Å². The van der Waals surface area contributed by atoms with E-state index in [4.69, 9.17) is 14.4 Å². The van der Waals surface area contributed by atoms with Crippen molar-refractivity contribution in [3.63, 3.8) is 0 Å². The van der Waals surface area contributed by atoms with Gasteiger partial charge in [0.05, 0.1) is 5.36 Å². The van der Waals surface area contributed by atoms with Gasteiger partial charge < -0.3 is 15.1 Å². The topological polar surface area (TPSA) is 79.5 Å². The second-order valence-electron chi connectivity index (χ2n) is 11.6. The minimum absolute atomic E-state index is 0.0620. The van der Waals surface area contributed by atoms with Gasteiger partial charge in [-0.2, -0.15) is 0 Å². The van der Waals surface area contributed by atoms with Crippen molar-refractivity contribution in [3.05, 3.63) is 114 Å². The first-order valence-corrected chi connectivity index (χ1v) is 15.5. The summed E-state index contributed by atoms with van der Waals surface area (Å²) in [6, 6.07) is 33.1.